The lowest BCUT2D eigenvalue weighted by Crippen LogP contribution is -2.18. The molecule has 0 saturated heterocycles. The molecule has 2 nitrogen and oxygen atoms in total. The van der Waals surface area contributed by atoms with E-state index in [9.17, 15) is 4.39 Å². The van der Waals surface area contributed by atoms with Crippen LogP contribution in [0.2, 0.25) is 0 Å². The molecule has 0 atom stereocenters. The van der Waals surface area contributed by atoms with Crippen molar-refractivity contribution in [2.75, 3.05) is 11.4 Å². The quantitative estimate of drug-likeness (QED) is 0.889. The van der Waals surface area contributed by atoms with Gasteiger partial charge in [0.25, 0.3) is 0 Å². The zero-order valence-electron chi connectivity index (χ0n) is 11.7. The first-order chi connectivity index (χ1) is 9.58. The SMILES string of the molecule is CCN(c1cccc(C)c1)c1ccc(CN)c(Br)c1F. The van der Waals surface area contributed by atoms with Crippen molar-refractivity contribution in [3.05, 3.63) is 57.8 Å². The number of rotatable bonds is 4. The van der Waals surface area contributed by atoms with Crippen molar-refractivity contribution in [1.82, 2.24) is 0 Å². The second kappa shape index (κ2) is 6.37. The number of aryl methyl sites for hydroxylation is 1. The normalized spacial score (nSPS) is 10.7. The fourth-order valence-electron chi connectivity index (χ4n) is 2.23. The molecule has 4 heteroatoms. The number of benzene rings is 2. The summed E-state index contributed by atoms with van der Waals surface area (Å²) >= 11 is 3.29. The highest BCUT2D eigenvalue weighted by molar-refractivity contribution is 9.10. The Morgan fingerprint density at radius 1 is 1.25 bits per heavy atom. The molecule has 0 unspecified atom stereocenters. The molecule has 0 amide bonds. The Morgan fingerprint density at radius 3 is 2.60 bits per heavy atom. The Balaban J connectivity index is 2.50. The monoisotopic (exact) mass is 336 g/mol. The summed E-state index contributed by atoms with van der Waals surface area (Å²) in [7, 11) is 0. The van der Waals surface area contributed by atoms with Crippen molar-refractivity contribution in [2.45, 2.75) is 20.4 Å². The minimum absolute atomic E-state index is 0.267. The van der Waals surface area contributed by atoms with Crippen LogP contribution >= 0.6 is 15.9 Å². The van der Waals surface area contributed by atoms with E-state index in [4.69, 9.17) is 5.73 Å². The minimum atomic E-state index is -0.267. The van der Waals surface area contributed by atoms with Crippen LogP contribution in [-0.2, 0) is 6.54 Å². The summed E-state index contributed by atoms with van der Waals surface area (Å²) in [5, 5.41) is 0. The lowest BCUT2D eigenvalue weighted by molar-refractivity contribution is 0.616. The van der Waals surface area contributed by atoms with Crippen LogP contribution in [0.3, 0.4) is 0 Å². The molecule has 106 valence electrons. The Labute approximate surface area is 127 Å². The highest BCUT2D eigenvalue weighted by Gasteiger charge is 2.16. The third kappa shape index (κ3) is 2.86. The average molecular weight is 337 g/mol. The zero-order valence-corrected chi connectivity index (χ0v) is 13.2. The van der Waals surface area contributed by atoms with Gasteiger partial charge in [-0.15, -0.1) is 0 Å². The van der Waals surface area contributed by atoms with E-state index in [0.29, 0.717) is 23.2 Å². The second-order valence-corrected chi connectivity index (χ2v) is 5.45. The van der Waals surface area contributed by atoms with Crippen LogP contribution in [0.5, 0.6) is 0 Å². The number of hydrogen-bond donors (Lipinski definition) is 1. The van der Waals surface area contributed by atoms with Crippen molar-refractivity contribution >= 4 is 27.3 Å². The summed E-state index contributed by atoms with van der Waals surface area (Å²) in [6.45, 7) is 5.04. The topological polar surface area (TPSA) is 29.3 Å². The van der Waals surface area contributed by atoms with Gasteiger partial charge in [-0.1, -0.05) is 18.2 Å². The molecule has 2 N–H and O–H groups in total. The van der Waals surface area contributed by atoms with Gasteiger partial charge >= 0.3 is 0 Å². The molecule has 2 rings (SSSR count). The highest BCUT2D eigenvalue weighted by atomic mass is 79.9. The van der Waals surface area contributed by atoms with Crippen molar-refractivity contribution in [3.63, 3.8) is 0 Å². The zero-order chi connectivity index (χ0) is 14.7. The lowest BCUT2D eigenvalue weighted by atomic mass is 10.1. The summed E-state index contributed by atoms with van der Waals surface area (Å²) in [6, 6.07) is 11.7. The molecule has 0 spiro atoms. The Kier molecular flexibility index (Phi) is 4.78. The fourth-order valence-corrected chi connectivity index (χ4v) is 2.73. The van der Waals surface area contributed by atoms with Crippen molar-refractivity contribution in [2.24, 2.45) is 5.73 Å². The van der Waals surface area contributed by atoms with E-state index in [0.717, 1.165) is 16.8 Å². The van der Waals surface area contributed by atoms with Crippen LogP contribution in [0.4, 0.5) is 15.8 Å². The van der Waals surface area contributed by atoms with Crippen LogP contribution in [0, 0.1) is 12.7 Å². The van der Waals surface area contributed by atoms with Crippen LogP contribution in [0.1, 0.15) is 18.1 Å². The molecule has 0 fully saturated rings. The van der Waals surface area contributed by atoms with Crippen LogP contribution in [-0.4, -0.2) is 6.54 Å². The van der Waals surface area contributed by atoms with Crippen LogP contribution in [0.25, 0.3) is 0 Å². The molecule has 0 aliphatic rings. The maximum absolute atomic E-state index is 14.5. The van der Waals surface area contributed by atoms with Gasteiger partial charge in [-0.25, -0.2) is 4.39 Å². The Hall–Kier alpha value is -1.39. The molecular weight excluding hydrogens is 319 g/mol. The summed E-state index contributed by atoms with van der Waals surface area (Å²) < 4.78 is 15.0. The van der Waals surface area contributed by atoms with Gasteiger partial charge in [0.2, 0.25) is 0 Å². The number of nitrogens with zero attached hydrogens (tertiary/aromatic N) is 1. The molecular formula is C16H18BrFN2. The Bertz CT molecular complexity index is 613. The first-order valence-electron chi connectivity index (χ1n) is 6.59. The predicted molar refractivity (Wildman–Crippen MR) is 85.9 cm³/mol. The summed E-state index contributed by atoms with van der Waals surface area (Å²) in [6.07, 6.45) is 0. The van der Waals surface area contributed by atoms with Crippen molar-refractivity contribution in [3.8, 4) is 0 Å². The van der Waals surface area contributed by atoms with E-state index < -0.39 is 0 Å². The molecule has 2 aromatic carbocycles. The van der Waals surface area contributed by atoms with Gasteiger partial charge in [0.15, 0.2) is 5.82 Å². The van der Waals surface area contributed by atoms with Gasteiger partial charge in [0.1, 0.15) is 0 Å². The second-order valence-electron chi connectivity index (χ2n) is 4.66. The molecule has 0 aromatic heterocycles. The summed E-state index contributed by atoms with van der Waals surface area (Å²) in [4.78, 5) is 1.95. The lowest BCUT2D eigenvalue weighted by Gasteiger charge is -2.25. The van der Waals surface area contributed by atoms with Crippen LogP contribution < -0.4 is 10.6 Å². The minimum Gasteiger partial charge on any atom is -0.339 e. The largest absolute Gasteiger partial charge is 0.339 e. The molecule has 20 heavy (non-hydrogen) atoms. The van der Waals surface area contributed by atoms with E-state index in [-0.39, 0.29) is 5.82 Å². The number of halogens is 2. The van der Waals surface area contributed by atoms with Crippen molar-refractivity contribution in [1.29, 1.82) is 0 Å². The maximum atomic E-state index is 14.5. The molecule has 0 saturated carbocycles. The third-order valence-corrected chi connectivity index (χ3v) is 4.14. The Morgan fingerprint density at radius 2 is 2.00 bits per heavy atom. The van der Waals surface area contributed by atoms with E-state index >= 15 is 0 Å². The van der Waals surface area contributed by atoms with E-state index in [1.807, 2.05) is 49.1 Å². The number of nitrogens with two attached hydrogens (primary N) is 1. The number of hydrogen-bond acceptors (Lipinski definition) is 2. The summed E-state index contributed by atoms with van der Waals surface area (Å²) in [5.41, 5.74) is 9.06. The van der Waals surface area contributed by atoms with Crippen LogP contribution in [0.15, 0.2) is 40.9 Å². The van der Waals surface area contributed by atoms with Gasteiger partial charge in [0, 0.05) is 18.8 Å². The summed E-state index contributed by atoms with van der Waals surface area (Å²) in [5.74, 6) is -0.267. The molecule has 0 aliphatic heterocycles. The third-order valence-electron chi connectivity index (χ3n) is 3.28. The van der Waals surface area contributed by atoms with Gasteiger partial charge in [0.05, 0.1) is 10.2 Å². The first kappa shape index (κ1) is 15.0. The molecule has 2 aromatic rings. The smallest absolute Gasteiger partial charge is 0.161 e. The van der Waals surface area contributed by atoms with E-state index in [1.165, 1.54) is 0 Å². The van der Waals surface area contributed by atoms with Gasteiger partial charge in [-0.3, -0.25) is 0 Å². The molecule has 0 heterocycles. The maximum Gasteiger partial charge on any atom is 0.161 e. The number of anilines is 2. The van der Waals surface area contributed by atoms with Gasteiger partial charge in [-0.05, 0) is 59.1 Å². The molecule has 0 aliphatic carbocycles. The van der Waals surface area contributed by atoms with E-state index in [2.05, 4.69) is 15.9 Å². The van der Waals surface area contributed by atoms with E-state index in [1.54, 1.807) is 6.07 Å². The fraction of sp³-hybridized carbons (Fsp3) is 0.250. The molecule has 0 radical (unpaired) electrons. The highest BCUT2D eigenvalue weighted by Crippen LogP contribution is 2.33. The van der Waals surface area contributed by atoms with Gasteiger partial charge in [-0.2, -0.15) is 0 Å². The van der Waals surface area contributed by atoms with Gasteiger partial charge < -0.3 is 10.6 Å². The molecule has 0 bridgehead atoms. The standard InChI is InChI=1S/C16H18BrFN2/c1-3-20(13-6-4-5-11(2)9-13)14-8-7-12(10-19)15(17)16(14)18/h4-9H,3,10,19H2,1-2H3. The average Bonchev–Trinajstić information content (AvgIpc) is 2.44. The first-order valence-corrected chi connectivity index (χ1v) is 7.39. The van der Waals surface area contributed by atoms with Crippen molar-refractivity contribution < 1.29 is 4.39 Å². The predicted octanol–water partition coefficient (Wildman–Crippen LogP) is 4.51.